The van der Waals surface area contributed by atoms with Gasteiger partial charge in [-0.2, -0.15) is 0 Å². The number of carboxylic acids is 1. The van der Waals surface area contributed by atoms with E-state index in [2.05, 4.69) is 10.0 Å². The maximum atomic E-state index is 13.6. The maximum absolute atomic E-state index is 13.6. The van der Waals surface area contributed by atoms with Crippen molar-refractivity contribution in [3.8, 4) is 5.75 Å². The zero-order valence-electron chi connectivity index (χ0n) is 14.0. The minimum Gasteiger partial charge on any atom is -0.497 e. The van der Waals surface area contributed by atoms with E-state index in [1.807, 2.05) is 0 Å². The molecule has 0 heterocycles. The highest BCUT2D eigenvalue weighted by atomic mass is 35.5. The number of carbonyl (C=O) groups excluding carboxylic acids is 1. The normalized spacial score (nSPS) is 11.0. The average molecular weight is 417 g/mol. The van der Waals surface area contributed by atoms with E-state index in [1.165, 1.54) is 32.4 Å². The number of ether oxygens (including phenoxy) is 1. The second kappa shape index (κ2) is 7.80. The van der Waals surface area contributed by atoms with Gasteiger partial charge >= 0.3 is 5.97 Å². The quantitative estimate of drug-likeness (QED) is 0.664. The summed E-state index contributed by atoms with van der Waals surface area (Å²) in [5.74, 6) is -3.12. The summed E-state index contributed by atoms with van der Waals surface area (Å²) >= 11 is 5.78. The second-order valence-electron chi connectivity index (χ2n) is 5.16. The van der Waals surface area contributed by atoms with Crippen LogP contribution in [0.4, 0.5) is 10.1 Å². The fourth-order valence-corrected chi connectivity index (χ4v) is 3.78. The SMILES string of the molecule is CNC(=O)c1cc(OC)ccc1NS(=O)(=O)c1cc(C(=O)O)c(F)cc1Cl. The number of amides is 1. The molecule has 0 fully saturated rings. The maximum Gasteiger partial charge on any atom is 0.338 e. The molecule has 2 aromatic carbocycles. The Balaban J connectivity index is 2.56. The molecule has 0 spiro atoms. The van der Waals surface area contributed by atoms with Crippen molar-refractivity contribution in [2.45, 2.75) is 4.90 Å². The number of methoxy groups -OCH3 is 1. The molecular weight excluding hydrogens is 403 g/mol. The summed E-state index contributed by atoms with van der Waals surface area (Å²) in [6, 6.07) is 5.21. The van der Waals surface area contributed by atoms with Crippen LogP contribution in [0, 0.1) is 5.82 Å². The molecule has 2 aromatic rings. The van der Waals surface area contributed by atoms with Gasteiger partial charge in [-0.15, -0.1) is 0 Å². The topological polar surface area (TPSA) is 122 Å². The molecule has 0 radical (unpaired) electrons. The van der Waals surface area contributed by atoms with Crippen LogP contribution < -0.4 is 14.8 Å². The number of benzene rings is 2. The molecule has 0 bridgehead atoms. The minimum absolute atomic E-state index is 0.0443. The largest absolute Gasteiger partial charge is 0.497 e. The summed E-state index contributed by atoms with van der Waals surface area (Å²) < 4.78 is 46.1. The molecule has 3 N–H and O–H groups in total. The smallest absolute Gasteiger partial charge is 0.338 e. The van der Waals surface area contributed by atoms with Crippen LogP contribution in [0.1, 0.15) is 20.7 Å². The van der Waals surface area contributed by atoms with Crippen LogP contribution in [0.3, 0.4) is 0 Å². The molecule has 0 saturated heterocycles. The Morgan fingerprint density at radius 1 is 1.19 bits per heavy atom. The third-order valence-electron chi connectivity index (χ3n) is 3.48. The summed E-state index contributed by atoms with van der Waals surface area (Å²) in [7, 11) is -1.70. The van der Waals surface area contributed by atoms with Gasteiger partial charge in [0.25, 0.3) is 15.9 Å². The van der Waals surface area contributed by atoms with Crippen molar-refractivity contribution in [3.05, 3.63) is 52.3 Å². The standard InChI is InChI=1S/C16H14ClFN2O6S/c1-19-15(21)10-5-8(26-2)3-4-13(10)20-27(24,25)14-6-9(16(22)23)12(18)7-11(14)17/h3-7,20H,1-2H3,(H,19,21)(H,22,23). The van der Waals surface area contributed by atoms with Gasteiger partial charge in [0.1, 0.15) is 16.5 Å². The van der Waals surface area contributed by atoms with Crippen LogP contribution in [-0.2, 0) is 10.0 Å². The summed E-state index contributed by atoms with van der Waals surface area (Å²) in [4.78, 5) is 22.4. The number of sulfonamides is 1. The van der Waals surface area contributed by atoms with E-state index in [1.54, 1.807) is 0 Å². The predicted octanol–water partition coefficient (Wildman–Crippen LogP) is 2.35. The van der Waals surface area contributed by atoms with Crippen molar-refractivity contribution in [2.75, 3.05) is 18.9 Å². The number of carboxylic acid groups (broad SMARTS) is 1. The Kier molecular flexibility index (Phi) is 5.91. The molecule has 0 unspecified atom stereocenters. The summed E-state index contributed by atoms with van der Waals surface area (Å²) in [6.07, 6.45) is 0. The van der Waals surface area contributed by atoms with Crippen LogP contribution in [0.15, 0.2) is 35.2 Å². The molecule has 0 atom stereocenters. The average Bonchev–Trinajstić information content (AvgIpc) is 2.60. The first-order valence-corrected chi connectivity index (χ1v) is 9.12. The Bertz CT molecular complexity index is 1030. The van der Waals surface area contributed by atoms with E-state index in [-0.39, 0.29) is 11.3 Å². The summed E-state index contributed by atoms with van der Waals surface area (Å²) in [6.45, 7) is 0. The summed E-state index contributed by atoms with van der Waals surface area (Å²) in [5, 5.41) is 10.8. The fourth-order valence-electron chi connectivity index (χ4n) is 2.16. The Hall–Kier alpha value is -2.85. The third kappa shape index (κ3) is 4.29. The third-order valence-corrected chi connectivity index (χ3v) is 5.31. The number of anilines is 1. The van der Waals surface area contributed by atoms with Crippen molar-refractivity contribution in [3.63, 3.8) is 0 Å². The van der Waals surface area contributed by atoms with Gasteiger partial charge < -0.3 is 15.2 Å². The molecule has 11 heteroatoms. The van der Waals surface area contributed by atoms with Crippen LogP contribution in [-0.4, -0.2) is 39.6 Å². The first-order chi connectivity index (χ1) is 12.6. The molecule has 0 saturated carbocycles. The molecule has 0 aromatic heterocycles. The highest BCUT2D eigenvalue weighted by Gasteiger charge is 2.25. The van der Waals surface area contributed by atoms with Crippen molar-refractivity contribution in [1.82, 2.24) is 5.32 Å². The van der Waals surface area contributed by atoms with Crippen molar-refractivity contribution >= 4 is 39.2 Å². The zero-order chi connectivity index (χ0) is 20.4. The number of carbonyl (C=O) groups is 2. The molecule has 8 nitrogen and oxygen atoms in total. The van der Waals surface area contributed by atoms with Crippen LogP contribution in [0.5, 0.6) is 5.75 Å². The van der Waals surface area contributed by atoms with E-state index in [4.69, 9.17) is 21.4 Å². The fraction of sp³-hybridized carbons (Fsp3) is 0.125. The second-order valence-corrected chi connectivity index (χ2v) is 7.22. The van der Waals surface area contributed by atoms with E-state index >= 15 is 0 Å². The Labute approximate surface area is 159 Å². The zero-order valence-corrected chi connectivity index (χ0v) is 15.6. The van der Waals surface area contributed by atoms with Gasteiger partial charge in [0.05, 0.1) is 28.9 Å². The number of nitrogens with one attached hydrogen (secondary N) is 2. The molecule has 1 amide bonds. The lowest BCUT2D eigenvalue weighted by Crippen LogP contribution is -2.22. The van der Waals surface area contributed by atoms with E-state index in [0.29, 0.717) is 17.9 Å². The number of aromatic carboxylic acids is 1. The van der Waals surface area contributed by atoms with E-state index in [9.17, 15) is 22.4 Å². The Morgan fingerprint density at radius 3 is 2.41 bits per heavy atom. The molecule has 144 valence electrons. The van der Waals surface area contributed by atoms with Crippen molar-refractivity contribution in [2.24, 2.45) is 0 Å². The summed E-state index contributed by atoms with van der Waals surface area (Å²) in [5.41, 5.74) is -1.01. The first kappa shape index (κ1) is 20.5. The highest BCUT2D eigenvalue weighted by Crippen LogP contribution is 2.29. The number of halogens is 2. The monoisotopic (exact) mass is 416 g/mol. The van der Waals surface area contributed by atoms with Crippen molar-refractivity contribution in [1.29, 1.82) is 0 Å². The molecule has 0 aliphatic heterocycles. The highest BCUT2D eigenvalue weighted by molar-refractivity contribution is 7.92. The molecule has 27 heavy (non-hydrogen) atoms. The predicted molar refractivity (Wildman–Crippen MR) is 95.6 cm³/mol. The van der Waals surface area contributed by atoms with Gasteiger partial charge in [0, 0.05) is 7.05 Å². The van der Waals surface area contributed by atoms with Crippen molar-refractivity contribution < 1.29 is 32.2 Å². The van der Waals surface area contributed by atoms with E-state index in [0.717, 1.165) is 0 Å². The lowest BCUT2D eigenvalue weighted by atomic mass is 10.1. The molecule has 0 aliphatic rings. The van der Waals surface area contributed by atoms with Crippen LogP contribution in [0.2, 0.25) is 5.02 Å². The molecular formula is C16H14ClFN2O6S. The Morgan fingerprint density at radius 2 is 1.85 bits per heavy atom. The van der Waals surface area contributed by atoms with E-state index < -0.39 is 43.2 Å². The lowest BCUT2D eigenvalue weighted by molar-refractivity contribution is 0.0691. The van der Waals surface area contributed by atoms with Crippen LogP contribution in [0.25, 0.3) is 0 Å². The minimum atomic E-state index is -4.43. The van der Waals surface area contributed by atoms with Gasteiger partial charge in [-0.1, -0.05) is 11.6 Å². The molecule has 0 aliphatic carbocycles. The lowest BCUT2D eigenvalue weighted by Gasteiger charge is -2.14. The van der Waals surface area contributed by atoms with Crippen LogP contribution >= 0.6 is 11.6 Å². The van der Waals surface area contributed by atoms with Gasteiger partial charge in [-0.3, -0.25) is 9.52 Å². The number of hydrogen-bond acceptors (Lipinski definition) is 5. The van der Waals surface area contributed by atoms with Gasteiger partial charge in [-0.05, 0) is 30.3 Å². The first-order valence-electron chi connectivity index (χ1n) is 7.26. The molecule has 2 rings (SSSR count). The van der Waals surface area contributed by atoms with Gasteiger partial charge in [0.2, 0.25) is 0 Å². The van der Waals surface area contributed by atoms with Gasteiger partial charge in [-0.25, -0.2) is 17.6 Å². The number of rotatable bonds is 6. The number of hydrogen-bond donors (Lipinski definition) is 3. The van der Waals surface area contributed by atoms with Gasteiger partial charge in [0.15, 0.2) is 0 Å².